The van der Waals surface area contributed by atoms with Gasteiger partial charge in [-0.25, -0.2) is 5.43 Å². The predicted octanol–water partition coefficient (Wildman–Crippen LogP) is 3.55. The first-order chi connectivity index (χ1) is 11.6. The zero-order chi connectivity index (χ0) is 17.4. The predicted molar refractivity (Wildman–Crippen MR) is 97.7 cm³/mol. The molecule has 126 valence electrons. The largest absolute Gasteiger partial charge is 0.496 e. The third-order valence-electron chi connectivity index (χ3n) is 3.28. The van der Waals surface area contributed by atoms with E-state index in [1.54, 1.807) is 13.3 Å². The molecule has 0 aliphatic carbocycles. The van der Waals surface area contributed by atoms with Crippen molar-refractivity contribution in [3.8, 4) is 11.5 Å². The summed E-state index contributed by atoms with van der Waals surface area (Å²) in [6, 6.07) is 13.2. The number of methoxy groups -OCH3 is 1. The van der Waals surface area contributed by atoms with E-state index in [4.69, 9.17) is 9.47 Å². The average molecular weight is 391 g/mol. The highest BCUT2D eigenvalue weighted by atomic mass is 79.9. The number of nitrogens with one attached hydrogen (secondary N) is 1. The Labute approximate surface area is 149 Å². The van der Waals surface area contributed by atoms with Gasteiger partial charge in [-0.15, -0.1) is 0 Å². The Balaban J connectivity index is 1.80. The Bertz CT molecular complexity index is 715. The van der Waals surface area contributed by atoms with Crippen molar-refractivity contribution < 1.29 is 14.3 Å². The van der Waals surface area contributed by atoms with Crippen LogP contribution in [0.4, 0.5) is 0 Å². The number of hydrazone groups is 1. The number of ether oxygens (including phenoxy) is 2. The lowest BCUT2D eigenvalue weighted by molar-refractivity contribution is -0.123. The topological polar surface area (TPSA) is 59.9 Å². The van der Waals surface area contributed by atoms with Crippen LogP contribution >= 0.6 is 15.9 Å². The third-order valence-corrected chi connectivity index (χ3v) is 3.90. The Hall–Kier alpha value is -2.34. The molecule has 0 spiro atoms. The Morgan fingerprint density at radius 1 is 1.25 bits per heavy atom. The second-order valence-electron chi connectivity index (χ2n) is 4.97. The van der Waals surface area contributed by atoms with Gasteiger partial charge >= 0.3 is 0 Å². The van der Waals surface area contributed by atoms with Crippen LogP contribution in [0.2, 0.25) is 0 Å². The van der Waals surface area contributed by atoms with E-state index in [2.05, 4.69) is 33.4 Å². The van der Waals surface area contributed by atoms with Crippen molar-refractivity contribution in [3.05, 3.63) is 58.1 Å². The van der Waals surface area contributed by atoms with Crippen molar-refractivity contribution >= 4 is 28.1 Å². The standard InChI is InChI=1S/C18H19BrN2O3/c1-3-13-4-7-15(8-5-13)24-12-18(22)21-20-11-14-6-9-17(23-2)16(19)10-14/h4-11H,3,12H2,1-2H3,(H,21,22)/b20-11-. The summed E-state index contributed by atoms with van der Waals surface area (Å²) in [4.78, 5) is 11.7. The fourth-order valence-electron chi connectivity index (χ4n) is 1.94. The molecule has 1 amide bonds. The van der Waals surface area contributed by atoms with Gasteiger partial charge in [-0.05, 0) is 63.8 Å². The second kappa shape index (κ2) is 9.08. The lowest BCUT2D eigenvalue weighted by Gasteiger charge is -2.06. The Morgan fingerprint density at radius 3 is 2.62 bits per heavy atom. The summed E-state index contributed by atoms with van der Waals surface area (Å²) < 4.78 is 11.4. The highest BCUT2D eigenvalue weighted by Crippen LogP contribution is 2.24. The molecular weight excluding hydrogens is 372 g/mol. The Morgan fingerprint density at radius 2 is 2.00 bits per heavy atom. The van der Waals surface area contributed by atoms with Crippen molar-refractivity contribution in [2.45, 2.75) is 13.3 Å². The first-order valence-electron chi connectivity index (χ1n) is 7.49. The van der Waals surface area contributed by atoms with E-state index in [0.29, 0.717) is 5.75 Å². The summed E-state index contributed by atoms with van der Waals surface area (Å²) in [7, 11) is 1.60. The maximum Gasteiger partial charge on any atom is 0.277 e. The number of aryl methyl sites for hydroxylation is 1. The van der Waals surface area contributed by atoms with Crippen LogP contribution in [0.1, 0.15) is 18.1 Å². The minimum atomic E-state index is -0.321. The molecule has 24 heavy (non-hydrogen) atoms. The van der Waals surface area contributed by atoms with Gasteiger partial charge in [-0.1, -0.05) is 19.1 Å². The molecule has 6 heteroatoms. The van der Waals surface area contributed by atoms with Gasteiger partial charge in [0.15, 0.2) is 6.61 Å². The lowest BCUT2D eigenvalue weighted by Crippen LogP contribution is -2.24. The monoisotopic (exact) mass is 390 g/mol. The van der Waals surface area contributed by atoms with Gasteiger partial charge in [0, 0.05) is 0 Å². The van der Waals surface area contributed by atoms with Crippen molar-refractivity contribution in [1.29, 1.82) is 0 Å². The van der Waals surface area contributed by atoms with E-state index >= 15 is 0 Å². The second-order valence-corrected chi connectivity index (χ2v) is 5.83. The maximum absolute atomic E-state index is 11.7. The van der Waals surface area contributed by atoms with Crippen LogP contribution in [-0.4, -0.2) is 25.8 Å². The summed E-state index contributed by atoms with van der Waals surface area (Å²) in [5.41, 5.74) is 4.49. The number of hydrogen-bond donors (Lipinski definition) is 1. The fraction of sp³-hybridized carbons (Fsp3) is 0.222. The van der Waals surface area contributed by atoms with Gasteiger partial charge in [0.05, 0.1) is 17.8 Å². The number of nitrogens with zero attached hydrogens (tertiary/aromatic N) is 1. The molecule has 0 saturated carbocycles. The summed E-state index contributed by atoms with van der Waals surface area (Å²) in [6.45, 7) is 2.00. The summed E-state index contributed by atoms with van der Waals surface area (Å²) >= 11 is 3.40. The number of benzene rings is 2. The van der Waals surface area contributed by atoms with Crippen molar-refractivity contribution in [2.24, 2.45) is 5.10 Å². The number of hydrogen-bond acceptors (Lipinski definition) is 4. The molecule has 2 aromatic rings. The van der Waals surface area contributed by atoms with E-state index in [9.17, 15) is 4.79 Å². The SMILES string of the molecule is CCc1ccc(OCC(=O)N/N=C\c2ccc(OC)c(Br)c2)cc1. The molecule has 5 nitrogen and oxygen atoms in total. The van der Waals surface area contributed by atoms with Gasteiger partial charge in [0.25, 0.3) is 5.91 Å². The highest BCUT2D eigenvalue weighted by Gasteiger charge is 2.02. The molecule has 2 rings (SSSR count). The smallest absolute Gasteiger partial charge is 0.277 e. The number of halogens is 1. The third kappa shape index (κ3) is 5.38. The fourth-order valence-corrected chi connectivity index (χ4v) is 2.50. The first kappa shape index (κ1) is 18.0. The van der Waals surface area contributed by atoms with E-state index in [0.717, 1.165) is 22.2 Å². The van der Waals surface area contributed by atoms with Crippen molar-refractivity contribution in [2.75, 3.05) is 13.7 Å². The molecule has 0 aliphatic rings. The normalized spacial score (nSPS) is 10.6. The van der Waals surface area contributed by atoms with Crippen LogP contribution in [-0.2, 0) is 11.2 Å². The van der Waals surface area contributed by atoms with E-state index < -0.39 is 0 Å². The zero-order valence-corrected chi connectivity index (χ0v) is 15.2. The van der Waals surface area contributed by atoms with Gasteiger partial charge in [0.2, 0.25) is 0 Å². The molecule has 1 N–H and O–H groups in total. The average Bonchev–Trinajstić information content (AvgIpc) is 2.60. The Kier molecular flexibility index (Phi) is 6.81. The molecular formula is C18H19BrN2O3. The van der Waals surface area contributed by atoms with Crippen molar-refractivity contribution in [3.63, 3.8) is 0 Å². The highest BCUT2D eigenvalue weighted by molar-refractivity contribution is 9.10. The van der Waals surface area contributed by atoms with Crippen LogP contribution in [0.15, 0.2) is 52.0 Å². The molecule has 0 heterocycles. The molecule has 2 aromatic carbocycles. The van der Waals surface area contributed by atoms with Gasteiger partial charge in [0.1, 0.15) is 11.5 Å². The molecule has 0 aliphatic heterocycles. The number of rotatable bonds is 7. The van der Waals surface area contributed by atoms with Crippen LogP contribution in [0.25, 0.3) is 0 Å². The van der Waals surface area contributed by atoms with Crippen LogP contribution < -0.4 is 14.9 Å². The first-order valence-corrected chi connectivity index (χ1v) is 8.29. The molecule has 0 unspecified atom stereocenters. The lowest BCUT2D eigenvalue weighted by atomic mass is 10.2. The van der Waals surface area contributed by atoms with E-state index in [1.807, 2.05) is 42.5 Å². The molecule has 0 bridgehead atoms. The quantitative estimate of drug-likeness (QED) is 0.580. The maximum atomic E-state index is 11.7. The van der Waals surface area contributed by atoms with Crippen molar-refractivity contribution in [1.82, 2.24) is 5.43 Å². The molecule has 0 fully saturated rings. The number of carbonyl (C=O) groups is 1. The van der Waals surface area contributed by atoms with E-state index in [-0.39, 0.29) is 12.5 Å². The summed E-state index contributed by atoms with van der Waals surface area (Å²) in [6.07, 6.45) is 2.52. The minimum absolute atomic E-state index is 0.0882. The van der Waals surface area contributed by atoms with E-state index in [1.165, 1.54) is 5.56 Å². The molecule has 0 atom stereocenters. The molecule has 0 aromatic heterocycles. The molecule has 0 radical (unpaired) electrons. The van der Waals surface area contributed by atoms with Gasteiger partial charge in [-0.2, -0.15) is 5.10 Å². The van der Waals surface area contributed by atoms with Crippen LogP contribution in [0, 0.1) is 0 Å². The number of amides is 1. The summed E-state index contributed by atoms with van der Waals surface area (Å²) in [5.74, 6) is 1.07. The molecule has 0 saturated heterocycles. The number of carbonyl (C=O) groups excluding carboxylic acids is 1. The van der Waals surface area contributed by atoms with Crippen LogP contribution in [0.3, 0.4) is 0 Å². The van der Waals surface area contributed by atoms with Gasteiger partial charge < -0.3 is 9.47 Å². The van der Waals surface area contributed by atoms with Gasteiger partial charge in [-0.3, -0.25) is 4.79 Å². The summed E-state index contributed by atoms with van der Waals surface area (Å²) in [5, 5.41) is 3.91. The zero-order valence-electron chi connectivity index (χ0n) is 13.6. The minimum Gasteiger partial charge on any atom is -0.496 e. The van der Waals surface area contributed by atoms with Crippen LogP contribution in [0.5, 0.6) is 11.5 Å².